The maximum absolute atomic E-state index is 12.0. The number of hydrogen-bond donors (Lipinski definition) is 0. The number of nitrogens with zero attached hydrogens (tertiary/aromatic N) is 1. The Bertz CT molecular complexity index is 432. The SMILES string of the molecule is CCOC(=O)[C@@H](C)[C@@H]1[C@@H](C)CCN1Cc1ccccc1. The number of ether oxygens (including phenoxy) is 1. The molecule has 0 saturated carbocycles. The van der Waals surface area contributed by atoms with Crippen LogP contribution in [0.15, 0.2) is 30.3 Å². The Morgan fingerprint density at radius 2 is 2.10 bits per heavy atom. The maximum atomic E-state index is 12.0. The van der Waals surface area contributed by atoms with Crippen LogP contribution in [-0.2, 0) is 16.1 Å². The minimum Gasteiger partial charge on any atom is -0.466 e. The van der Waals surface area contributed by atoms with Crippen molar-refractivity contribution < 1.29 is 9.53 Å². The first kappa shape index (κ1) is 15.0. The Morgan fingerprint density at radius 3 is 2.75 bits per heavy atom. The molecule has 0 amide bonds. The zero-order valence-electron chi connectivity index (χ0n) is 12.7. The standard InChI is InChI=1S/C17H25NO2/c1-4-20-17(19)14(3)16-13(2)10-11-18(16)12-15-8-6-5-7-9-15/h5-9,13-14,16H,4,10-12H2,1-3H3/t13-,14-,16-/m0/s1. The van der Waals surface area contributed by atoms with Gasteiger partial charge in [0.05, 0.1) is 12.5 Å². The van der Waals surface area contributed by atoms with E-state index in [1.54, 1.807) is 0 Å². The molecule has 1 aromatic carbocycles. The molecule has 3 heteroatoms. The molecule has 2 rings (SSSR count). The van der Waals surface area contributed by atoms with E-state index in [1.807, 2.05) is 19.9 Å². The van der Waals surface area contributed by atoms with Gasteiger partial charge in [-0.2, -0.15) is 0 Å². The highest BCUT2D eigenvalue weighted by Crippen LogP contribution is 2.31. The average Bonchev–Trinajstić information content (AvgIpc) is 2.80. The van der Waals surface area contributed by atoms with Gasteiger partial charge in [-0.1, -0.05) is 44.2 Å². The van der Waals surface area contributed by atoms with Crippen molar-refractivity contribution in [1.82, 2.24) is 4.90 Å². The highest BCUT2D eigenvalue weighted by atomic mass is 16.5. The lowest BCUT2D eigenvalue weighted by Gasteiger charge is -2.30. The van der Waals surface area contributed by atoms with E-state index >= 15 is 0 Å². The van der Waals surface area contributed by atoms with Gasteiger partial charge in [-0.25, -0.2) is 0 Å². The van der Waals surface area contributed by atoms with Crippen molar-refractivity contribution in [3.8, 4) is 0 Å². The third-order valence-electron chi connectivity index (χ3n) is 4.28. The van der Waals surface area contributed by atoms with Crippen LogP contribution in [0.3, 0.4) is 0 Å². The Hall–Kier alpha value is -1.35. The summed E-state index contributed by atoms with van der Waals surface area (Å²) in [4.78, 5) is 14.5. The van der Waals surface area contributed by atoms with Crippen molar-refractivity contribution >= 4 is 5.97 Å². The van der Waals surface area contributed by atoms with E-state index in [1.165, 1.54) is 5.56 Å². The number of hydrogen-bond acceptors (Lipinski definition) is 3. The number of benzene rings is 1. The van der Waals surface area contributed by atoms with Crippen molar-refractivity contribution in [3.05, 3.63) is 35.9 Å². The molecule has 1 aliphatic rings. The van der Waals surface area contributed by atoms with Gasteiger partial charge in [0.1, 0.15) is 0 Å². The summed E-state index contributed by atoms with van der Waals surface area (Å²) in [6, 6.07) is 10.8. The Labute approximate surface area is 121 Å². The van der Waals surface area contributed by atoms with Crippen LogP contribution in [0, 0.1) is 11.8 Å². The molecule has 0 radical (unpaired) electrons. The topological polar surface area (TPSA) is 29.5 Å². The maximum Gasteiger partial charge on any atom is 0.310 e. The van der Waals surface area contributed by atoms with Crippen LogP contribution >= 0.6 is 0 Å². The summed E-state index contributed by atoms with van der Waals surface area (Å²) in [5.41, 5.74) is 1.31. The Balaban J connectivity index is 2.06. The lowest BCUT2D eigenvalue weighted by atomic mass is 9.91. The monoisotopic (exact) mass is 275 g/mol. The molecule has 3 atom stereocenters. The van der Waals surface area contributed by atoms with Crippen molar-refractivity contribution in [2.24, 2.45) is 11.8 Å². The summed E-state index contributed by atoms with van der Waals surface area (Å²) in [7, 11) is 0. The van der Waals surface area contributed by atoms with Gasteiger partial charge in [0.15, 0.2) is 0 Å². The molecule has 20 heavy (non-hydrogen) atoms. The first-order valence-corrected chi connectivity index (χ1v) is 7.58. The van der Waals surface area contributed by atoms with E-state index < -0.39 is 0 Å². The second-order valence-corrected chi connectivity index (χ2v) is 5.75. The van der Waals surface area contributed by atoms with E-state index in [9.17, 15) is 4.79 Å². The van der Waals surface area contributed by atoms with Gasteiger partial charge in [-0.15, -0.1) is 0 Å². The first-order chi connectivity index (χ1) is 9.63. The quantitative estimate of drug-likeness (QED) is 0.773. The average molecular weight is 275 g/mol. The highest BCUT2D eigenvalue weighted by molar-refractivity contribution is 5.73. The third-order valence-corrected chi connectivity index (χ3v) is 4.28. The Morgan fingerprint density at radius 1 is 1.40 bits per heavy atom. The van der Waals surface area contributed by atoms with Crippen molar-refractivity contribution in [1.29, 1.82) is 0 Å². The summed E-state index contributed by atoms with van der Waals surface area (Å²) in [6.07, 6.45) is 1.15. The zero-order chi connectivity index (χ0) is 14.5. The lowest BCUT2D eigenvalue weighted by Crippen LogP contribution is -2.41. The number of carbonyl (C=O) groups is 1. The van der Waals surface area contributed by atoms with Crippen LogP contribution in [0.2, 0.25) is 0 Å². The molecule has 1 saturated heterocycles. The van der Waals surface area contributed by atoms with Crippen LogP contribution in [0.5, 0.6) is 0 Å². The molecule has 0 bridgehead atoms. The lowest BCUT2D eigenvalue weighted by molar-refractivity contribution is -0.150. The summed E-state index contributed by atoms with van der Waals surface area (Å²) in [6.45, 7) is 8.55. The van der Waals surface area contributed by atoms with Gasteiger partial charge in [0.2, 0.25) is 0 Å². The summed E-state index contributed by atoms with van der Waals surface area (Å²) < 4.78 is 5.20. The molecule has 1 aliphatic heterocycles. The van der Waals surface area contributed by atoms with Gasteiger partial charge >= 0.3 is 5.97 Å². The number of likely N-dealkylation sites (tertiary alicyclic amines) is 1. The summed E-state index contributed by atoms with van der Waals surface area (Å²) >= 11 is 0. The second kappa shape index (κ2) is 6.89. The minimum absolute atomic E-state index is 0.0591. The zero-order valence-corrected chi connectivity index (χ0v) is 12.7. The molecule has 1 heterocycles. The normalized spacial score (nSPS) is 24.6. The predicted molar refractivity (Wildman–Crippen MR) is 80.2 cm³/mol. The molecule has 0 spiro atoms. The molecule has 0 aromatic heterocycles. The first-order valence-electron chi connectivity index (χ1n) is 7.58. The molecular weight excluding hydrogens is 250 g/mol. The summed E-state index contributed by atoms with van der Waals surface area (Å²) in [5.74, 6) is 0.415. The number of esters is 1. The van der Waals surface area contributed by atoms with Crippen LogP contribution < -0.4 is 0 Å². The van der Waals surface area contributed by atoms with Crippen LogP contribution in [0.4, 0.5) is 0 Å². The van der Waals surface area contributed by atoms with Gasteiger partial charge in [-0.05, 0) is 31.4 Å². The van der Waals surface area contributed by atoms with Crippen LogP contribution in [0.25, 0.3) is 0 Å². The largest absolute Gasteiger partial charge is 0.466 e. The molecule has 1 aromatic rings. The van der Waals surface area contributed by atoms with E-state index in [0.717, 1.165) is 19.5 Å². The van der Waals surface area contributed by atoms with Crippen molar-refractivity contribution in [2.45, 2.75) is 39.8 Å². The Kier molecular flexibility index (Phi) is 5.18. The van der Waals surface area contributed by atoms with Gasteiger partial charge in [-0.3, -0.25) is 9.69 Å². The fraction of sp³-hybridized carbons (Fsp3) is 0.588. The van der Waals surface area contributed by atoms with Crippen molar-refractivity contribution in [3.63, 3.8) is 0 Å². The van der Waals surface area contributed by atoms with E-state index in [2.05, 4.69) is 36.1 Å². The van der Waals surface area contributed by atoms with E-state index in [4.69, 9.17) is 4.74 Å². The van der Waals surface area contributed by atoms with Gasteiger partial charge in [0.25, 0.3) is 0 Å². The smallest absolute Gasteiger partial charge is 0.310 e. The summed E-state index contributed by atoms with van der Waals surface area (Å²) in [5, 5.41) is 0. The van der Waals surface area contributed by atoms with Gasteiger partial charge < -0.3 is 4.74 Å². The molecule has 110 valence electrons. The molecule has 0 N–H and O–H groups in total. The number of rotatable bonds is 5. The van der Waals surface area contributed by atoms with Crippen LogP contribution in [-0.4, -0.2) is 30.1 Å². The fourth-order valence-corrected chi connectivity index (χ4v) is 3.27. The second-order valence-electron chi connectivity index (χ2n) is 5.75. The molecule has 3 nitrogen and oxygen atoms in total. The number of carbonyl (C=O) groups excluding carboxylic acids is 1. The van der Waals surface area contributed by atoms with Crippen LogP contribution in [0.1, 0.15) is 32.8 Å². The van der Waals surface area contributed by atoms with Gasteiger partial charge in [0, 0.05) is 12.6 Å². The van der Waals surface area contributed by atoms with E-state index in [0.29, 0.717) is 12.5 Å². The predicted octanol–water partition coefficient (Wildman–Crippen LogP) is 3.10. The minimum atomic E-state index is -0.0655. The molecular formula is C17H25NO2. The van der Waals surface area contributed by atoms with Crippen molar-refractivity contribution in [2.75, 3.05) is 13.2 Å². The third kappa shape index (κ3) is 3.40. The fourth-order valence-electron chi connectivity index (χ4n) is 3.27. The molecule has 0 aliphatic carbocycles. The molecule has 0 unspecified atom stereocenters. The molecule has 1 fully saturated rings. The van der Waals surface area contributed by atoms with E-state index in [-0.39, 0.29) is 17.9 Å². The highest BCUT2D eigenvalue weighted by Gasteiger charge is 2.38.